The maximum atomic E-state index is 11.2. The number of Topliss-reactive ketones (excluding diaryl/α,β-unsaturated/α-hetero) is 1. The number of thiazole rings is 1. The second-order valence-electron chi connectivity index (χ2n) is 3.90. The molecule has 2 heterocycles. The maximum Gasteiger partial charge on any atom is 0.171 e. The summed E-state index contributed by atoms with van der Waals surface area (Å²) in [5.41, 5.74) is -0.351. The molecule has 0 saturated carbocycles. The van der Waals surface area contributed by atoms with Gasteiger partial charge in [0.15, 0.2) is 5.78 Å². The third-order valence-electron chi connectivity index (χ3n) is 2.93. The summed E-state index contributed by atoms with van der Waals surface area (Å²) in [6, 6.07) is 0. The molecule has 1 aromatic heterocycles. The highest BCUT2D eigenvalue weighted by Crippen LogP contribution is 2.37. The van der Waals surface area contributed by atoms with Crippen molar-refractivity contribution in [1.29, 1.82) is 0 Å². The van der Waals surface area contributed by atoms with Crippen LogP contribution in [0.2, 0.25) is 0 Å². The van der Waals surface area contributed by atoms with E-state index in [0.29, 0.717) is 18.1 Å². The van der Waals surface area contributed by atoms with E-state index in [1.54, 1.807) is 20.2 Å². The number of ketones is 1. The lowest BCUT2D eigenvalue weighted by Gasteiger charge is -2.33. The van der Waals surface area contributed by atoms with Gasteiger partial charge < -0.3 is 9.47 Å². The highest BCUT2D eigenvalue weighted by Gasteiger charge is 2.37. The predicted octanol–water partition coefficient (Wildman–Crippen LogP) is 2.00. The Bertz CT molecular complexity index is 382. The Morgan fingerprint density at radius 2 is 2.25 bits per heavy atom. The fourth-order valence-corrected chi connectivity index (χ4v) is 2.89. The van der Waals surface area contributed by atoms with Crippen LogP contribution < -0.4 is 0 Å². The highest BCUT2D eigenvalue weighted by atomic mass is 32.1. The molecule has 0 radical (unpaired) electrons. The molecular formula is C11H15NO3S. The van der Waals surface area contributed by atoms with Gasteiger partial charge in [-0.3, -0.25) is 4.79 Å². The van der Waals surface area contributed by atoms with Crippen molar-refractivity contribution in [2.75, 3.05) is 20.3 Å². The SMILES string of the molecule is COC1(c2ncc(C(C)=O)s2)CCOCC1. The first-order valence-corrected chi connectivity index (χ1v) is 6.10. The molecular weight excluding hydrogens is 226 g/mol. The van der Waals surface area contributed by atoms with Crippen LogP contribution in [0.25, 0.3) is 0 Å². The predicted molar refractivity (Wildman–Crippen MR) is 60.9 cm³/mol. The molecule has 1 aromatic rings. The average molecular weight is 241 g/mol. The van der Waals surface area contributed by atoms with Gasteiger partial charge in [0.1, 0.15) is 10.6 Å². The topological polar surface area (TPSA) is 48.4 Å². The molecule has 0 amide bonds. The lowest BCUT2D eigenvalue weighted by Crippen LogP contribution is -2.35. The lowest BCUT2D eigenvalue weighted by atomic mass is 9.95. The van der Waals surface area contributed by atoms with E-state index in [2.05, 4.69) is 4.98 Å². The van der Waals surface area contributed by atoms with Crippen LogP contribution in [0.15, 0.2) is 6.20 Å². The molecule has 0 bridgehead atoms. The normalized spacial score (nSPS) is 19.6. The third kappa shape index (κ3) is 2.03. The van der Waals surface area contributed by atoms with Crippen LogP contribution in [0.1, 0.15) is 34.4 Å². The van der Waals surface area contributed by atoms with Gasteiger partial charge in [-0.2, -0.15) is 0 Å². The summed E-state index contributed by atoms with van der Waals surface area (Å²) >= 11 is 1.43. The van der Waals surface area contributed by atoms with E-state index in [-0.39, 0.29) is 11.4 Å². The fourth-order valence-electron chi connectivity index (χ4n) is 1.85. The van der Waals surface area contributed by atoms with Gasteiger partial charge in [0.25, 0.3) is 0 Å². The zero-order chi connectivity index (χ0) is 11.6. The number of aromatic nitrogens is 1. The van der Waals surface area contributed by atoms with E-state index < -0.39 is 0 Å². The molecule has 88 valence electrons. The van der Waals surface area contributed by atoms with Gasteiger partial charge in [0.2, 0.25) is 0 Å². The van der Waals surface area contributed by atoms with Crippen molar-refractivity contribution in [3.63, 3.8) is 0 Å². The van der Waals surface area contributed by atoms with Crippen LogP contribution in [-0.2, 0) is 15.1 Å². The summed E-state index contributed by atoms with van der Waals surface area (Å²) in [7, 11) is 1.69. The minimum absolute atomic E-state index is 0.0575. The Hall–Kier alpha value is -0.780. The first-order valence-electron chi connectivity index (χ1n) is 5.28. The largest absolute Gasteiger partial charge is 0.381 e. The number of methoxy groups -OCH3 is 1. The van der Waals surface area contributed by atoms with Crippen LogP contribution in [0.3, 0.4) is 0 Å². The van der Waals surface area contributed by atoms with Crippen molar-refractivity contribution in [2.24, 2.45) is 0 Å². The maximum absolute atomic E-state index is 11.2. The van der Waals surface area contributed by atoms with E-state index >= 15 is 0 Å². The molecule has 1 fully saturated rings. The first-order chi connectivity index (χ1) is 7.68. The van der Waals surface area contributed by atoms with Gasteiger partial charge in [-0.05, 0) is 0 Å². The molecule has 0 atom stereocenters. The van der Waals surface area contributed by atoms with Crippen molar-refractivity contribution >= 4 is 17.1 Å². The van der Waals surface area contributed by atoms with Crippen molar-refractivity contribution in [1.82, 2.24) is 4.98 Å². The van der Waals surface area contributed by atoms with Crippen molar-refractivity contribution in [3.05, 3.63) is 16.1 Å². The number of nitrogens with zero attached hydrogens (tertiary/aromatic N) is 1. The molecule has 2 rings (SSSR count). The molecule has 0 aromatic carbocycles. The standard InChI is InChI=1S/C11H15NO3S/c1-8(13)9-7-12-10(16-9)11(14-2)3-5-15-6-4-11/h7H,3-6H2,1-2H3. The van der Waals surface area contributed by atoms with E-state index in [1.807, 2.05) is 0 Å². The number of carbonyl (C=O) groups excluding carboxylic acids is 1. The number of rotatable bonds is 3. The third-order valence-corrected chi connectivity index (χ3v) is 4.22. The number of hydrogen-bond donors (Lipinski definition) is 0. The van der Waals surface area contributed by atoms with Gasteiger partial charge in [-0.25, -0.2) is 4.98 Å². The Labute approximate surface area is 98.6 Å². The fraction of sp³-hybridized carbons (Fsp3) is 0.636. The Morgan fingerprint density at radius 1 is 1.56 bits per heavy atom. The first kappa shape index (κ1) is 11.7. The summed E-state index contributed by atoms with van der Waals surface area (Å²) in [6.07, 6.45) is 3.24. The summed E-state index contributed by atoms with van der Waals surface area (Å²) in [5.74, 6) is 0.0575. The zero-order valence-electron chi connectivity index (χ0n) is 9.49. The summed E-state index contributed by atoms with van der Waals surface area (Å²) in [6.45, 7) is 2.92. The lowest BCUT2D eigenvalue weighted by molar-refractivity contribution is -0.0948. The molecule has 0 aliphatic carbocycles. The van der Waals surface area contributed by atoms with Gasteiger partial charge in [-0.1, -0.05) is 0 Å². The molecule has 5 heteroatoms. The van der Waals surface area contributed by atoms with Crippen LogP contribution in [-0.4, -0.2) is 31.1 Å². The number of ether oxygens (including phenoxy) is 2. The average Bonchev–Trinajstić information content (AvgIpc) is 2.80. The van der Waals surface area contributed by atoms with E-state index in [9.17, 15) is 4.79 Å². The molecule has 1 aliphatic heterocycles. The van der Waals surface area contributed by atoms with E-state index in [0.717, 1.165) is 17.8 Å². The van der Waals surface area contributed by atoms with Gasteiger partial charge in [-0.15, -0.1) is 11.3 Å². The second-order valence-corrected chi connectivity index (χ2v) is 4.93. The molecule has 0 N–H and O–H groups in total. The summed E-state index contributed by atoms with van der Waals surface area (Å²) in [4.78, 5) is 16.3. The molecule has 4 nitrogen and oxygen atoms in total. The van der Waals surface area contributed by atoms with E-state index in [1.165, 1.54) is 11.3 Å². The molecule has 0 spiro atoms. The monoisotopic (exact) mass is 241 g/mol. The minimum atomic E-state index is -0.351. The van der Waals surface area contributed by atoms with Crippen molar-refractivity contribution in [2.45, 2.75) is 25.4 Å². The van der Waals surface area contributed by atoms with Crippen molar-refractivity contribution in [3.8, 4) is 0 Å². The molecule has 1 saturated heterocycles. The van der Waals surface area contributed by atoms with Crippen LogP contribution in [0.5, 0.6) is 0 Å². The summed E-state index contributed by atoms with van der Waals surface area (Å²) in [5, 5.41) is 0.892. The summed E-state index contributed by atoms with van der Waals surface area (Å²) < 4.78 is 10.9. The van der Waals surface area contributed by atoms with Gasteiger partial charge in [0, 0.05) is 46.3 Å². The molecule has 16 heavy (non-hydrogen) atoms. The van der Waals surface area contributed by atoms with Gasteiger partial charge in [0.05, 0.1) is 4.88 Å². The Balaban J connectivity index is 2.28. The van der Waals surface area contributed by atoms with Crippen LogP contribution >= 0.6 is 11.3 Å². The quantitative estimate of drug-likeness (QED) is 0.759. The van der Waals surface area contributed by atoms with E-state index in [4.69, 9.17) is 9.47 Å². The smallest absolute Gasteiger partial charge is 0.171 e. The second kappa shape index (κ2) is 4.61. The minimum Gasteiger partial charge on any atom is -0.381 e. The van der Waals surface area contributed by atoms with Crippen molar-refractivity contribution < 1.29 is 14.3 Å². The van der Waals surface area contributed by atoms with Gasteiger partial charge >= 0.3 is 0 Å². The zero-order valence-corrected chi connectivity index (χ0v) is 10.3. The number of carbonyl (C=O) groups is 1. The van der Waals surface area contributed by atoms with Crippen LogP contribution in [0, 0.1) is 0 Å². The molecule has 1 aliphatic rings. The van der Waals surface area contributed by atoms with Crippen LogP contribution in [0.4, 0.5) is 0 Å². The molecule has 0 unspecified atom stereocenters. The highest BCUT2D eigenvalue weighted by molar-refractivity contribution is 7.13. The Morgan fingerprint density at radius 3 is 2.75 bits per heavy atom. The number of hydrogen-bond acceptors (Lipinski definition) is 5. The Kier molecular flexibility index (Phi) is 3.37.